The zero-order valence-corrected chi connectivity index (χ0v) is 14.4. The number of hydrogen-bond acceptors (Lipinski definition) is 4. The Kier molecular flexibility index (Phi) is 4.24. The zero-order valence-electron chi connectivity index (χ0n) is 14.4. The van der Waals surface area contributed by atoms with Gasteiger partial charge in [0.1, 0.15) is 5.82 Å². The fraction of sp³-hybridized carbons (Fsp3) is 0.250. The van der Waals surface area contributed by atoms with Gasteiger partial charge in [-0.3, -0.25) is 4.79 Å². The molecule has 0 aliphatic carbocycles. The van der Waals surface area contributed by atoms with E-state index in [9.17, 15) is 9.18 Å². The first-order chi connectivity index (χ1) is 12.7. The molecule has 2 aromatic carbocycles. The molecular formula is C20H18FN3O2. The van der Waals surface area contributed by atoms with Crippen molar-refractivity contribution in [3.05, 3.63) is 65.7 Å². The highest BCUT2D eigenvalue weighted by molar-refractivity contribution is 5.97. The number of halogens is 1. The van der Waals surface area contributed by atoms with Gasteiger partial charge in [0.2, 0.25) is 5.91 Å². The van der Waals surface area contributed by atoms with Crippen LogP contribution in [0.15, 0.2) is 53.1 Å². The summed E-state index contributed by atoms with van der Waals surface area (Å²) in [7, 11) is 0. The Bertz CT molecular complexity index is 953. The molecule has 1 unspecified atom stereocenters. The summed E-state index contributed by atoms with van der Waals surface area (Å²) in [5, 5.41) is 4.02. The first-order valence-electron chi connectivity index (χ1n) is 8.63. The average molecular weight is 351 g/mol. The van der Waals surface area contributed by atoms with Gasteiger partial charge in [0, 0.05) is 30.1 Å². The summed E-state index contributed by atoms with van der Waals surface area (Å²) in [5.41, 5.74) is 2.60. The van der Waals surface area contributed by atoms with Crippen molar-refractivity contribution in [3.8, 4) is 11.5 Å². The van der Waals surface area contributed by atoms with Crippen molar-refractivity contribution in [2.45, 2.75) is 25.7 Å². The molecule has 26 heavy (non-hydrogen) atoms. The molecule has 0 saturated carbocycles. The Morgan fingerprint density at radius 1 is 1.23 bits per heavy atom. The maximum absolute atomic E-state index is 13.4. The van der Waals surface area contributed by atoms with Crippen LogP contribution in [0.3, 0.4) is 0 Å². The standard InChI is InChI=1S/C20H18FN3O2/c1-2-13-6-3-4-9-17(13)24-12-15(11-18(24)25)19-22-20(26-23-19)14-7-5-8-16(21)10-14/h3-10,15H,2,11-12H2,1H3. The van der Waals surface area contributed by atoms with Gasteiger partial charge in [-0.05, 0) is 36.2 Å². The average Bonchev–Trinajstić information content (AvgIpc) is 3.28. The van der Waals surface area contributed by atoms with Gasteiger partial charge in [0.25, 0.3) is 5.89 Å². The fourth-order valence-electron chi connectivity index (χ4n) is 3.33. The Balaban J connectivity index is 1.58. The van der Waals surface area contributed by atoms with Crippen LogP contribution < -0.4 is 4.90 Å². The number of benzene rings is 2. The summed E-state index contributed by atoms with van der Waals surface area (Å²) in [6, 6.07) is 13.9. The SMILES string of the molecule is CCc1ccccc1N1CC(c2noc(-c3cccc(F)c3)n2)CC1=O. The second kappa shape index (κ2) is 6.71. The van der Waals surface area contributed by atoms with Crippen molar-refractivity contribution >= 4 is 11.6 Å². The molecule has 1 aliphatic rings. The highest BCUT2D eigenvalue weighted by atomic mass is 19.1. The third kappa shape index (κ3) is 2.98. The molecule has 2 heterocycles. The summed E-state index contributed by atoms with van der Waals surface area (Å²) in [6.07, 6.45) is 1.19. The van der Waals surface area contributed by atoms with Gasteiger partial charge in [-0.25, -0.2) is 4.39 Å². The Hall–Kier alpha value is -3.02. The van der Waals surface area contributed by atoms with E-state index in [0.29, 0.717) is 24.4 Å². The monoisotopic (exact) mass is 351 g/mol. The van der Waals surface area contributed by atoms with Crippen LogP contribution in [0.2, 0.25) is 0 Å². The molecule has 0 bridgehead atoms. The van der Waals surface area contributed by atoms with E-state index in [4.69, 9.17) is 4.52 Å². The van der Waals surface area contributed by atoms with Crippen LogP contribution in [-0.4, -0.2) is 22.6 Å². The van der Waals surface area contributed by atoms with Gasteiger partial charge in [-0.2, -0.15) is 4.98 Å². The maximum Gasteiger partial charge on any atom is 0.258 e. The van der Waals surface area contributed by atoms with Crippen molar-refractivity contribution in [3.63, 3.8) is 0 Å². The topological polar surface area (TPSA) is 59.2 Å². The molecule has 3 aromatic rings. The third-order valence-corrected chi connectivity index (χ3v) is 4.67. The Morgan fingerprint density at radius 3 is 2.88 bits per heavy atom. The van der Waals surface area contributed by atoms with Crippen LogP contribution >= 0.6 is 0 Å². The quantitative estimate of drug-likeness (QED) is 0.714. The third-order valence-electron chi connectivity index (χ3n) is 4.67. The summed E-state index contributed by atoms with van der Waals surface area (Å²) < 4.78 is 18.7. The molecule has 4 rings (SSSR count). The van der Waals surface area contributed by atoms with Gasteiger partial charge < -0.3 is 9.42 Å². The van der Waals surface area contributed by atoms with Gasteiger partial charge in [-0.1, -0.05) is 36.3 Å². The molecule has 1 aliphatic heterocycles. The molecule has 5 nitrogen and oxygen atoms in total. The molecule has 0 radical (unpaired) electrons. The first kappa shape index (κ1) is 16.4. The second-order valence-electron chi connectivity index (χ2n) is 6.36. The largest absolute Gasteiger partial charge is 0.334 e. The molecule has 6 heteroatoms. The normalized spacial score (nSPS) is 17.1. The molecular weight excluding hydrogens is 333 g/mol. The van der Waals surface area contributed by atoms with Crippen molar-refractivity contribution in [2.24, 2.45) is 0 Å². The molecule has 0 N–H and O–H groups in total. The molecule has 1 atom stereocenters. The molecule has 1 fully saturated rings. The summed E-state index contributed by atoms with van der Waals surface area (Å²) in [4.78, 5) is 18.7. The van der Waals surface area contributed by atoms with Crippen LogP contribution in [0.4, 0.5) is 10.1 Å². The molecule has 132 valence electrons. The predicted octanol–water partition coefficient (Wildman–Crippen LogP) is 3.96. The van der Waals surface area contributed by atoms with E-state index in [0.717, 1.165) is 17.7 Å². The number of para-hydroxylation sites is 1. The van der Waals surface area contributed by atoms with Crippen molar-refractivity contribution in [2.75, 3.05) is 11.4 Å². The van der Waals surface area contributed by atoms with E-state index in [-0.39, 0.29) is 23.5 Å². The molecule has 0 spiro atoms. The number of aryl methyl sites for hydroxylation is 1. The lowest BCUT2D eigenvalue weighted by Crippen LogP contribution is -2.25. The van der Waals surface area contributed by atoms with E-state index in [1.165, 1.54) is 12.1 Å². The summed E-state index contributed by atoms with van der Waals surface area (Å²) in [5.74, 6) is 0.292. The lowest BCUT2D eigenvalue weighted by atomic mass is 10.1. The van der Waals surface area contributed by atoms with Gasteiger partial charge in [0.05, 0.1) is 0 Å². The van der Waals surface area contributed by atoms with E-state index in [1.54, 1.807) is 17.0 Å². The molecule has 1 saturated heterocycles. The van der Waals surface area contributed by atoms with Crippen LogP contribution in [0.1, 0.15) is 30.7 Å². The highest BCUT2D eigenvalue weighted by Gasteiger charge is 2.35. The first-order valence-corrected chi connectivity index (χ1v) is 8.63. The van der Waals surface area contributed by atoms with E-state index in [1.807, 2.05) is 24.3 Å². The minimum absolute atomic E-state index is 0.0491. The van der Waals surface area contributed by atoms with E-state index < -0.39 is 0 Å². The minimum atomic E-state index is -0.361. The number of carbonyl (C=O) groups is 1. The van der Waals surface area contributed by atoms with Crippen molar-refractivity contribution in [1.29, 1.82) is 0 Å². The number of nitrogens with zero attached hydrogens (tertiary/aromatic N) is 3. The molecule has 1 amide bonds. The van der Waals surface area contributed by atoms with E-state index >= 15 is 0 Å². The number of carbonyl (C=O) groups excluding carboxylic acids is 1. The van der Waals surface area contributed by atoms with Gasteiger partial charge >= 0.3 is 0 Å². The Morgan fingerprint density at radius 2 is 2.08 bits per heavy atom. The number of aromatic nitrogens is 2. The van der Waals surface area contributed by atoms with Crippen molar-refractivity contribution in [1.82, 2.24) is 10.1 Å². The molecule has 1 aromatic heterocycles. The lowest BCUT2D eigenvalue weighted by molar-refractivity contribution is -0.117. The maximum atomic E-state index is 13.4. The predicted molar refractivity (Wildman–Crippen MR) is 95.2 cm³/mol. The van der Waals surface area contributed by atoms with Crippen LogP contribution in [0, 0.1) is 5.82 Å². The zero-order chi connectivity index (χ0) is 18.1. The van der Waals surface area contributed by atoms with Crippen LogP contribution in [0.25, 0.3) is 11.5 Å². The Labute approximate surface area is 150 Å². The van der Waals surface area contributed by atoms with Gasteiger partial charge in [0.15, 0.2) is 5.82 Å². The number of amides is 1. The second-order valence-corrected chi connectivity index (χ2v) is 6.36. The number of rotatable bonds is 4. The van der Waals surface area contributed by atoms with E-state index in [2.05, 4.69) is 17.1 Å². The highest BCUT2D eigenvalue weighted by Crippen LogP contribution is 2.33. The van der Waals surface area contributed by atoms with Crippen LogP contribution in [-0.2, 0) is 11.2 Å². The van der Waals surface area contributed by atoms with Gasteiger partial charge in [-0.15, -0.1) is 0 Å². The number of anilines is 1. The van der Waals surface area contributed by atoms with Crippen LogP contribution in [0.5, 0.6) is 0 Å². The number of hydrogen-bond donors (Lipinski definition) is 0. The fourth-order valence-corrected chi connectivity index (χ4v) is 3.33. The lowest BCUT2D eigenvalue weighted by Gasteiger charge is -2.19. The summed E-state index contributed by atoms with van der Waals surface area (Å²) >= 11 is 0. The minimum Gasteiger partial charge on any atom is -0.334 e. The van der Waals surface area contributed by atoms with Crippen molar-refractivity contribution < 1.29 is 13.7 Å². The summed E-state index contributed by atoms with van der Waals surface area (Å²) in [6.45, 7) is 2.58. The smallest absolute Gasteiger partial charge is 0.258 e.